The minimum absolute atomic E-state index is 0.00176. The highest BCUT2D eigenvalue weighted by Gasteiger charge is 2.38. The van der Waals surface area contributed by atoms with Crippen molar-refractivity contribution in [1.82, 2.24) is 9.55 Å². The number of carbonyl (C=O) groups is 1. The molecular formula is C26H19ClN6O3S. The molecule has 1 amide bonds. The minimum atomic E-state index is -0.881. The normalized spacial score (nSPS) is 14.6. The number of hydrogen-bond acceptors (Lipinski definition) is 8. The average Bonchev–Trinajstić information content (AvgIpc) is 3.19. The van der Waals surface area contributed by atoms with Gasteiger partial charge < -0.3 is 21.9 Å². The fourth-order valence-electron chi connectivity index (χ4n) is 4.44. The first kappa shape index (κ1) is 24.1. The maximum atomic E-state index is 13.7. The molecule has 0 radical (unpaired) electrons. The molecule has 5 rings (SSSR count). The summed E-state index contributed by atoms with van der Waals surface area (Å²) in [6.45, 7) is 0. The van der Waals surface area contributed by atoms with E-state index in [9.17, 15) is 14.9 Å². The number of amides is 1. The Balaban J connectivity index is 1.94. The Morgan fingerprint density at radius 2 is 1.92 bits per heavy atom. The summed E-state index contributed by atoms with van der Waals surface area (Å²) in [5.41, 5.74) is 19.5. The molecule has 184 valence electrons. The zero-order valence-electron chi connectivity index (χ0n) is 19.4. The molecule has 1 aliphatic rings. The third-order valence-electron chi connectivity index (χ3n) is 6.13. The van der Waals surface area contributed by atoms with Crippen molar-refractivity contribution in [2.75, 3.05) is 18.6 Å². The quantitative estimate of drug-likeness (QED) is 0.360. The molecule has 2 aromatic carbocycles. The Kier molecular flexibility index (Phi) is 5.95. The zero-order valence-corrected chi connectivity index (χ0v) is 20.9. The smallest absolute Gasteiger partial charge is 0.274 e. The van der Waals surface area contributed by atoms with Gasteiger partial charge in [0.25, 0.3) is 5.56 Å². The molecule has 11 heteroatoms. The number of carbonyl (C=O) groups excluding carboxylic acids is 1. The molecule has 0 spiro atoms. The SMILES string of the molecule is COc1ccc(/C=c2/sc3n(c2=O)-c2nc(N)c(C#N)c(N)c2C(c2ccccc2Cl)C=3C(N)=O)cc1. The number of rotatable bonds is 4. The summed E-state index contributed by atoms with van der Waals surface area (Å²) in [6, 6.07) is 16.0. The van der Waals surface area contributed by atoms with Gasteiger partial charge in [-0.25, -0.2) is 9.55 Å². The van der Waals surface area contributed by atoms with Gasteiger partial charge >= 0.3 is 0 Å². The van der Waals surface area contributed by atoms with Crippen LogP contribution in [-0.4, -0.2) is 22.6 Å². The van der Waals surface area contributed by atoms with Crippen molar-refractivity contribution in [2.45, 2.75) is 5.92 Å². The number of nitrogen functional groups attached to an aromatic ring is 2. The molecule has 0 aliphatic carbocycles. The van der Waals surface area contributed by atoms with Crippen LogP contribution in [0.4, 0.5) is 11.5 Å². The lowest BCUT2D eigenvalue weighted by Crippen LogP contribution is -2.39. The Hall–Kier alpha value is -4.59. The zero-order chi connectivity index (χ0) is 26.4. The van der Waals surface area contributed by atoms with E-state index in [4.69, 9.17) is 33.5 Å². The third kappa shape index (κ3) is 3.81. The first-order valence-corrected chi connectivity index (χ1v) is 12.1. The summed E-state index contributed by atoms with van der Waals surface area (Å²) in [7, 11) is 1.56. The van der Waals surface area contributed by atoms with Crippen LogP contribution >= 0.6 is 22.9 Å². The number of primary amides is 1. The lowest BCUT2D eigenvalue weighted by molar-refractivity contribution is -0.113. The number of thiazole rings is 1. The van der Waals surface area contributed by atoms with E-state index < -0.39 is 17.4 Å². The molecular weight excluding hydrogens is 512 g/mol. The highest BCUT2D eigenvalue weighted by Crippen LogP contribution is 2.44. The van der Waals surface area contributed by atoms with Gasteiger partial charge in [0.2, 0.25) is 5.91 Å². The van der Waals surface area contributed by atoms with Crippen molar-refractivity contribution < 1.29 is 9.53 Å². The van der Waals surface area contributed by atoms with Gasteiger partial charge in [-0.2, -0.15) is 5.26 Å². The van der Waals surface area contributed by atoms with Gasteiger partial charge in [-0.3, -0.25) is 9.59 Å². The summed E-state index contributed by atoms with van der Waals surface area (Å²) < 4.78 is 7.08. The molecule has 1 atom stereocenters. The van der Waals surface area contributed by atoms with Crippen LogP contribution in [0.25, 0.3) is 17.5 Å². The molecule has 9 nitrogen and oxygen atoms in total. The number of nitrogens with zero attached hydrogens (tertiary/aromatic N) is 3. The van der Waals surface area contributed by atoms with E-state index in [0.717, 1.165) is 16.9 Å². The van der Waals surface area contributed by atoms with Crippen molar-refractivity contribution in [2.24, 2.45) is 5.73 Å². The number of halogens is 1. The summed E-state index contributed by atoms with van der Waals surface area (Å²) >= 11 is 7.64. The van der Waals surface area contributed by atoms with Crippen LogP contribution in [0.2, 0.25) is 5.02 Å². The first-order valence-electron chi connectivity index (χ1n) is 10.9. The van der Waals surface area contributed by atoms with E-state index >= 15 is 0 Å². The van der Waals surface area contributed by atoms with Crippen molar-refractivity contribution in [1.29, 1.82) is 5.26 Å². The fourth-order valence-corrected chi connectivity index (χ4v) is 5.85. The van der Waals surface area contributed by atoms with E-state index in [1.54, 1.807) is 61.7 Å². The van der Waals surface area contributed by atoms with Crippen molar-refractivity contribution in [3.05, 3.63) is 95.4 Å². The number of hydrogen-bond donors (Lipinski definition) is 3. The number of nitriles is 1. The maximum Gasteiger partial charge on any atom is 0.274 e. The van der Waals surface area contributed by atoms with Gasteiger partial charge in [-0.05, 0) is 35.4 Å². The second kappa shape index (κ2) is 9.13. The minimum Gasteiger partial charge on any atom is -0.497 e. The number of pyridine rings is 1. The van der Waals surface area contributed by atoms with Crippen LogP contribution in [0.15, 0.2) is 53.3 Å². The Morgan fingerprint density at radius 3 is 2.54 bits per heavy atom. The van der Waals surface area contributed by atoms with Gasteiger partial charge in [-0.1, -0.05) is 41.9 Å². The highest BCUT2D eigenvalue weighted by atomic mass is 35.5. The van der Waals surface area contributed by atoms with E-state index in [0.29, 0.717) is 20.9 Å². The molecule has 0 saturated carbocycles. The lowest BCUT2D eigenvalue weighted by atomic mass is 9.82. The fraction of sp³-hybridized carbons (Fsp3) is 0.0769. The second-order valence-electron chi connectivity index (χ2n) is 8.20. The maximum absolute atomic E-state index is 13.7. The number of benzene rings is 2. The van der Waals surface area contributed by atoms with Crippen LogP contribution in [0.1, 0.15) is 28.2 Å². The van der Waals surface area contributed by atoms with Crippen molar-refractivity contribution in [3.8, 4) is 17.6 Å². The molecule has 6 N–H and O–H groups in total. The van der Waals surface area contributed by atoms with Crippen LogP contribution in [0.5, 0.6) is 5.75 Å². The summed E-state index contributed by atoms with van der Waals surface area (Å²) in [6.07, 6.45) is 1.69. The Morgan fingerprint density at radius 1 is 1.22 bits per heavy atom. The standard InChI is InChI=1S/C26H19ClN6O3S/c1-36-13-8-6-12(7-9-13)10-17-25(35)33-24-19(21(29)15(11-28)22(30)32-24)18(14-4-2-3-5-16(14)27)20(23(31)34)26(33)37-17/h2-10,18H,1H3,(H2,31,34)(H4,29,30,32)/b17-10+. The average molecular weight is 531 g/mol. The van der Waals surface area contributed by atoms with Crippen LogP contribution in [-0.2, 0) is 4.79 Å². The third-order valence-corrected chi connectivity index (χ3v) is 7.59. The number of nitrogens with two attached hydrogens (primary N) is 3. The molecule has 1 aliphatic heterocycles. The number of aromatic nitrogens is 2. The van der Waals surface area contributed by atoms with E-state index in [1.807, 2.05) is 6.07 Å². The van der Waals surface area contributed by atoms with Crippen molar-refractivity contribution in [3.63, 3.8) is 0 Å². The van der Waals surface area contributed by atoms with E-state index in [-0.39, 0.29) is 38.7 Å². The Bertz CT molecular complexity index is 1820. The summed E-state index contributed by atoms with van der Waals surface area (Å²) in [5.74, 6) is -0.994. The van der Waals surface area contributed by atoms with Crippen LogP contribution in [0, 0.1) is 11.3 Å². The van der Waals surface area contributed by atoms with Crippen molar-refractivity contribution >= 4 is 52.0 Å². The van der Waals surface area contributed by atoms with Gasteiger partial charge in [0.1, 0.15) is 33.7 Å². The largest absolute Gasteiger partial charge is 0.497 e. The number of anilines is 2. The van der Waals surface area contributed by atoms with E-state index in [1.165, 1.54) is 4.57 Å². The summed E-state index contributed by atoms with van der Waals surface area (Å²) in [5, 5.41) is 10.0. The molecule has 0 fully saturated rings. The second-order valence-corrected chi connectivity index (χ2v) is 9.63. The molecule has 37 heavy (non-hydrogen) atoms. The predicted molar refractivity (Wildman–Crippen MR) is 143 cm³/mol. The molecule has 4 aromatic rings. The van der Waals surface area contributed by atoms with Gasteiger partial charge in [0.05, 0.1) is 22.9 Å². The Labute approximate surface area is 219 Å². The molecule has 0 saturated heterocycles. The van der Waals surface area contributed by atoms with E-state index in [2.05, 4.69) is 4.98 Å². The summed E-state index contributed by atoms with van der Waals surface area (Å²) in [4.78, 5) is 31.1. The highest BCUT2D eigenvalue weighted by molar-refractivity contribution is 7.07. The van der Waals surface area contributed by atoms with Crippen LogP contribution < -0.4 is 36.7 Å². The van der Waals surface area contributed by atoms with Crippen LogP contribution in [0.3, 0.4) is 0 Å². The molecule has 3 heterocycles. The number of methoxy groups -OCH3 is 1. The predicted octanol–water partition coefficient (Wildman–Crippen LogP) is 1.60. The first-order chi connectivity index (χ1) is 17.8. The molecule has 1 unspecified atom stereocenters. The monoisotopic (exact) mass is 530 g/mol. The topological polar surface area (TPSA) is 163 Å². The number of ether oxygens (including phenoxy) is 1. The number of fused-ring (bicyclic) bond motifs is 3. The molecule has 0 bridgehead atoms. The van der Waals surface area contributed by atoms with Gasteiger partial charge in [0, 0.05) is 16.5 Å². The van der Waals surface area contributed by atoms with Gasteiger partial charge in [0.15, 0.2) is 0 Å². The van der Waals surface area contributed by atoms with Gasteiger partial charge in [-0.15, -0.1) is 11.3 Å². The molecule has 2 aromatic heterocycles. The lowest BCUT2D eigenvalue weighted by Gasteiger charge is -2.28.